The molecule has 3 aromatic heterocycles. The zero-order chi connectivity index (χ0) is 18.3. The van der Waals surface area contributed by atoms with E-state index in [1.54, 1.807) is 22.8 Å². The van der Waals surface area contributed by atoms with Gasteiger partial charge in [0, 0.05) is 17.8 Å². The Bertz CT molecular complexity index is 1070. The number of benzene rings is 1. The second kappa shape index (κ2) is 6.66. The highest BCUT2D eigenvalue weighted by Gasteiger charge is 2.18. The number of rotatable bonds is 5. The molecule has 26 heavy (non-hydrogen) atoms. The van der Waals surface area contributed by atoms with Crippen molar-refractivity contribution < 1.29 is 5.11 Å². The third-order valence-corrected chi connectivity index (χ3v) is 5.51. The quantitative estimate of drug-likeness (QED) is 0.566. The minimum absolute atomic E-state index is 0.408. The molecule has 1 aromatic carbocycles. The lowest BCUT2D eigenvalue weighted by Crippen LogP contribution is -2.18. The molecule has 0 saturated heterocycles. The number of aromatic nitrogens is 4. The molecule has 0 radical (unpaired) electrons. The van der Waals surface area contributed by atoms with Crippen molar-refractivity contribution in [2.45, 2.75) is 33.3 Å². The second-order valence-corrected chi connectivity index (χ2v) is 7.76. The second-order valence-electron chi connectivity index (χ2n) is 6.55. The van der Waals surface area contributed by atoms with E-state index in [1.165, 1.54) is 16.0 Å². The first-order valence-corrected chi connectivity index (χ1v) is 9.46. The summed E-state index contributed by atoms with van der Waals surface area (Å²) in [5.41, 5.74) is 3.18. The first kappa shape index (κ1) is 16.9. The van der Waals surface area contributed by atoms with Gasteiger partial charge < -0.3 is 10.4 Å². The van der Waals surface area contributed by atoms with Crippen molar-refractivity contribution in [1.82, 2.24) is 19.6 Å². The Hall–Kier alpha value is -2.51. The van der Waals surface area contributed by atoms with Gasteiger partial charge in [0.2, 0.25) is 5.95 Å². The van der Waals surface area contributed by atoms with E-state index in [4.69, 9.17) is 9.97 Å². The van der Waals surface area contributed by atoms with Crippen molar-refractivity contribution in [2.75, 3.05) is 11.9 Å². The molecule has 7 heteroatoms. The lowest BCUT2D eigenvalue weighted by molar-refractivity contribution is 0.208. The lowest BCUT2D eigenvalue weighted by Gasteiger charge is -2.09. The molecule has 0 aliphatic carbocycles. The number of nitrogens with one attached hydrogen (secondary N) is 1. The van der Waals surface area contributed by atoms with Gasteiger partial charge in [0.25, 0.3) is 0 Å². The van der Waals surface area contributed by atoms with E-state index < -0.39 is 6.10 Å². The van der Waals surface area contributed by atoms with Crippen molar-refractivity contribution >= 4 is 33.1 Å². The molecule has 0 saturated carbocycles. The highest BCUT2D eigenvalue weighted by atomic mass is 32.1. The third kappa shape index (κ3) is 3.04. The molecule has 0 spiro atoms. The maximum absolute atomic E-state index is 9.61. The molecule has 3 heterocycles. The zero-order valence-electron chi connectivity index (χ0n) is 15.0. The maximum atomic E-state index is 9.61. The van der Waals surface area contributed by atoms with E-state index in [1.807, 2.05) is 18.2 Å². The van der Waals surface area contributed by atoms with E-state index in [-0.39, 0.29) is 0 Å². The molecular weight excluding hydrogens is 346 g/mol. The standard InChI is InChI=1S/C19H21N5OS/c1-11(25)10-20-19-22-18-16(12(2)13(3)26-18)17-21-15(23-24(17)19)9-14-7-5-4-6-8-14/h4-8,11,25H,9-10H2,1-3H3,(H,20,22)/t11-/m1/s1. The average Bonchev–Trinajstić information content (AvgIpc) is 3.14. The number of aryl methyl sites for hydroxylation is 2. The molecule has 4 rings (SSSR count). The van der Waals surface area contributed by atoms with E-state index >= 15 is 0 Å². The predicted octanol–water partition coefficient (Wildman–Crippen LogP) is 3.34. The molecule has 0 fully saturated rings. The van der Waals surface area contributed by atoms with Crippen molar-refractivity contribution in [3.8, 4) is 0 Å². The first-order valence-electron chi connectivity index (χ1n) is 8.64. The molecule has 1 atom stereocenters. The minimum atomic E-state index is -0.471. The van der Waals surface area contributed by atoms with Crippen LogP contribution in [0.1, 0.15) is 28.8 Å². The molecule has 2 N–H and O–H groups in total. The van der Waals surface area contributed by atoms with E-state index in [2.05, 4.69) is 36.4 Å². The summed E-state index contributed by atoms with van der Waals surface area (Å²) in [6.45, 7) is 6.35. The molecule has 134 valence electrons. The summed E-state index contributed by atoms with van der Waals surface area (Å²) in [5.74, 6) is 1.37. The molecule has 0 aliphatic heterocycles. The molecule has 4 aromatic rings. The van der Waals surface area contributed by atoms with Gasteiger partial charge in [0.1, 0.15) is 4.83 Å². The van der Waals surface area contributed by atoms with Crippen molar-refractivity contribution in [3.05, 3.63) is 52.2 Å². The average molecular weight is 367 g/mol. The van der Waals surface area contributed by atoms with Gasteiger partial charge in [0.05, 0.1) is 11.5 Å². The monoisotopic (exact) mass is 367 g/mol. The number of hydrogen-bond acceptors (Lipinski definition) is 6. The van der Waals surface area contributed by atoms with Crippen LogP contribution in [0.5, 0.6) is 0 Å². The van der Waals surface area contributed by atoms with Crippen molar-refractivity contribution in [3.63, 3.8) is 0 Å². The Balaban J connectivity index is 1.86. The fraction of sp³-hybridized carbons (Fsp3) is 0.316. The summed E-state index contributed by atoms with van der Waals surface area (Å²) in [4.78, 5) is 11.7. The van der Waals surface area contributed by atoms with Crippen LogP contribution in [0.2, 0.25) is 0 Å². The molecule has 6 nitrogen and oxygen atoms in total. The largest absolute Gasteiger partial charge is 0.392 e. The van der Waals surface area contributed by atoms with Crippen LogP contribution in [0.15, 0.2) is 30.3 Å². The number of hydrogen-bond donors (Lipinski definition) is 2. The molecular formula is C19H21N5OS. The Morgan fingerprint density at radius 2 is 1.96 bits per heavy atom. The minimum Gasteiger partial charge on any atom is -0.392 e. The topological polar surface area (TPSA) is 75.3 Å². The van der Waals surface area contributed by atoms with Crippen LogP contribution in [0, 0.1) is 13.8 Å². The predicted molar refractivity (Wildman–Crippen MR) is 105 cm³/mol. The van der Waals surface area contributed by atoms with Crippen LogP contribution in [-0.2, 0) is 6.42 Å². The van der Waals surface area contributed by atoms with E-state index in [0.29, 0.717) is 18.9 Å². The molecule has 0 aliphatic rings. The molecule has 0 bridgehead atoms. The van der Waals surface area contributed by atoms with Gasteiger partial charge in [-0.05, 0) is 31.9 Å². The Morgan fingerprint density at radius 3 is 2.69 bits per heavy atom. The fourth-order valence-electron chi connectivity index (χ4n) is 2.97. The Morgan fingerprint density at radius 1 is 1.19 bits per heavy atom. The summed E-state index contributed by atoms with van der Waals surface area (Å²) in [7, 11) is 0. The van der Waals surface area contributed by atoms with Gasteiger partial charge in [0.15, 0.2) is 11.5 Å². The van der Waals surface area contributed by atoms with Gasteiger partial charge >= 0.3 is 0 Å². The lowest BCUT2D eigenvalue weighted by atomic mass is 10.1. The fourth-order valence-corrected chi connectivity index (χ4v) is 3.99. The van der Waals surface area contributed by atoms with Crippen molar-refractivity contribution in [2.24, 2.45) is 0 Å². The van der Waals surface area contributed by atoms with Crippen LogP contribution >= 0.6 is 11.3 Å². The SMILES string of the molecule is Cc1sc2nc(NC[C@@H](C)O)n3nc(Cc4ccccc4)nc3c2c1C. The zero-order valence-corrected chi connectivity index (χ0v) is 15.8. The third-order valence-electron chi connectivity index (χ3n) is 4.41. The smallest absolute Gasteiger partial charge is 0.227 e. The van der Waals surface area contributed by atoms with Crippen LogP contribution in [-0.4, -0.2) is 37.3 Å². The maximum Gasteiger partial charge on any atom is 0.227 e. The highest BCUT2D eigenvalue weighted by molar-refractivity contribution is 7.18. The number of anilines is 1. The summed E-state index contributed by atoms with van der Waals surface area (Å²) < 4.78 is 1.77. The summed E-state index contributed by atoms with van der Waals surface area (Å²) in [6.07, 6.45) is 0.198. The molecule has 0 amide bonds. The number of thiophene rings is 1. The summed E-state index contributed by atoms with van der Waals surface area (Å²) >= 11 is 1.66. The van der Waals surface area contributed by atoms with Crippen LogP contribution in [0.25, 0.3) is 15.9 Å². The Kier molecular flexibility index (Phi) is 4.34. The van der Waals surface area contributed by atoms with E-state index in [9.17, 15) is 5.11 Å². The van der Waals surface area contributed by atoms with Crippen molar-refractivity contribution in [1.29, 1.82) is 0 Å². The van der Waals surface area contributed by atoms with Gasteiger partial charge in [-0.3, -0.25) is 0 Å². The number of nitrogens with zero attached hydrogens (tertiary/aromatic N) is 4. The normalized spacial score (nSPS) is 12.8. The number of aliphatic hydroxyl groups excluding tert-OH is 1. The van der Waals surface area contributed by atoms with Gasteiger partial charge in [-0.25, -0.2) is 9.97 Å². The van der Waals surface area contributed by atoms with Crippen LogP contribution < -0.4 is 5.32 Å². The van der Waals surface area contributed by atoms with Crippen LogP contribution in [0.4, 0.5) is 5.95 Å². The number of aliphatic hydroxyl groups is 1. The summed E-state index contributed by atoms with van der Waals surface area (Å²) in [6, 6.07) is 10.2. The first-order chi connectivity index (χ1) is 12.5. The van der Waals surface area contributed by atoms with Gasteiger partial charge in [-0.15, -0.1) is 16.4 Å². The van der Waals surface area contributed by atoms with Gasteiger partial charge in [-0.2, -0.15) is 4.52 Å². The number of fused-ring (bicyclic) bond motifs is 3. The van der Waals surface area contributed by atoms with E-state index in [0.717, 1.165) is 21.7 Å². The Labute approximate surface area is 155 Å². The molecule has 0 unspecified atom stereocenters. The van der Waals surface area contributed by atoms with Gasteiger partial charge in [-0.1, -0.05) is 30.3 Å². The highest BCUT2D eigenvalue weighted by Crippen LogP contribution is 2.32. The summed E-state index contributed by atoms with van der Waals surface area (Å²) in [5, 5.41) is 18.6. The van der Waals surface area contributed by atoms with Crippen LogP contribution in [0.3, 0.4) is 0 Å².